The highest BCUT2D eigenvalue weighted by molar-refractivity contribution is 9.10. The lowest BCUT2D eigenvalue weighted by Gasteiger charge is -2.18. The number of alkyl halides is 2. The maximum absolute atomic E-state index is 12.4. The van der Waals surface area contributed by atoms with Crippen molar-refractivity contribution in [2.24, 2.45) is 0 Å². The van der Waals surface area contributed by atoms with E-state index in [2.05, 4.69) is 32.9 Å². The van der Waals surface area contributed by atoms with Gasteiger partial charge in [0, 0.05) is 29.7 Å². The minimum Gasteiger partial charge on any atom is -0.434 e. The maximum Gasteiger partial charge on any atom is 0.387 e. The van der Waals surface area contributed by atoms with E-state index < -0.39 is 6.61 Å². The van der Waals surface area contributed by atoms with Gasteiger partial charge in [0.1, 0.15) is 5.75 Å². The van der Waals surface area contributed by atoms with Crippen molar-refractivity contribution in [3.63, 3.8) is 0 Å². The predicted octanol–water partition coefficient (Wildman–Crippen LogP) is 3.96. The van der Waals surface area contributed by atoms with Gasteiger partial charge in [-0.2, -0.15) is 8.78 Å². The molecular formula is C14H20BrF2NO2. The molecule has 0 bridgehead atoms. The molecule has 0 aromatic heterocycles. The van der Waals surface area contributed by atoms with Gasteiger partial charge in [-0.05, 0) is 24.6 Å². The molecule has 3 nitrogen and oxygen atoms in total. The third-order valence-electron chi connectivity index (χ3n) is 2.82. The molecule has 1 aromatic rings. The molecule has 6 heteroatoms. The van der Waals surface area contributed by atoms with Gasteiger partial charge in [-0.15, -0.1) is 0 Å². The number of hydrogen-bond acceptors (Lipinski definition) is 3. The van der Waals surface area contributed by atoms with Crippen LogP contribution in [0.4, 0.5) is 8.78 Å². The molecule has 1 atom stereocenters. The summed E-state index contributed by atoms with van der Waals surface area (Å²) in [4.78, 5) is 0. The molecule has 1 unspecified atom stereocenters. The molecule has 114 valence electrons. The quantitative estimate of drug-likeness (QED) is 0.730. The van der Waals surface area contributed by atoms with E-state index in [0.29, 0.717) is 18.7 Å². The van der Waals surface area contributed by atoms with Gasteiger partial charge >= 0.3 is 6.61 Å². The summed E-state index contributed by atoms with van der Waals surface area (Å²) in [5, 5.41) is 3.31. The molecule has 0 saturated carbocycles. The van der Waals surface area contributed by atoms with Crippen LogP contribution in [-0.2, 0) is 11.3 Å². The Morgan fingerprint density at radius 3 is 2.70 bits per heavy atom. The Morgan fingerprint density at radius 1 is 1.35 bits per heavy atom. The molecule has 0 spiro atoms. The number of benzene rings is 1. The normalized spacial score (nSPS) is 12.7. The van der Waals surface area contributed by atoms with Crippen molar-refractivity contribution in [3.05, 3.63) is 28.2 Å². The van der Waals surface area contributed by atoms with Gasteiger partial charge in [0.05, 0.1) is 6.61 Å². The largest absolute Gasteiger partial charge is 0.434 e. The van der Waals surface area contributed by atoms with Crippen LogP contribution in [0.15, 0.2) is 22.7 Å². The first-order chi connectivity index (χ1) is 9.56. The van der Waals surface area contributed by atoms with Crippen LogP contribution in [0.5, 0.6) is 5.75 Å². The second-order valence-electron chi connectivity index (χ2n) is 4.45. The van der Waals surface area contributed by atoms with Gasteiger partial charge in [-0.1, -0.05) is 29.3 Å². The summed E-state index contributed by atoms with van der Waals surface area (Å²) in [5.74, 6) is 0.198. The molecule has 0 radical (unpaired) electrons. The first-order valence-electron chi connectivity index (χ1n) is 6.52. The Kier molecular flexibility index (Phi) is 8.02. The van der Waals surface area contributed by atoms with Gasteiger partial charge in [-0.25, -0.2) is 0 Å². The van der Waals surface area contributed by atoms with Gasteiger partial charge < -0.3 is 14.8 Å². The Hall–Kier alpha value is -0.720. The fourth-order valence-electron chi connectivity index (χ4n) is 1.95. The lowest BCUT2D eigenvalue weighted by atomic mass is 10.1. The molecule has 0 saturated heterocycles. The second-order valence-corrected chi connectivity index (χ2v) is 5.37. The smallest absolute Gasteiger partial charge is 0.387 e. The highest BCUT2D eigenvalue weighted by Crippen LogP contribution is 2.25. The minimum absolute atomic E-state index is 0.198. The van der Waals surface area contributed by atoms with Gasteiger partial charge in [0.15, 0.2) is 0 Å². The van der Waals surface area contributed by atoms with Crippen molar-refractivity contribution in [2.45, 2.75) is 39.0 Å². The zero-order valence-corrected chi connectivity index (χ0v) is 13.3. The number of hydrogen-bond donors (Lipinski definition) is 1. The zero-order valence-electron chi connectivity index (χ0n) is 11.7. The zero-order chi connectivity index (χ0) is 15.0. The number of ether oxygens (including phenoxy) is 2. The topological polar surface area (TPSA) is 30.5 Å². The van der Waals surface area contributed by atoms with Crippen molar-refractivity contribution < 1.29 is 18.3 Å². The standard InChI is InChI=1S/C14H20BrF2NO2/c1-3-4-12(9-19-2)18-8-10-7-11(15)5-6-13(10)20-14(16)17/h5-7,12,14,18H,3-4,8-9H2,1-2H3. The third-order valence-corrected chi connectivity index (χ3v) is 3.32. The van der Waals surface area contributed by atoms with Crippen LogP contribution in [0.25, 0.3) is 0 Å². The number of methoxy groups -OCH3 is 1. The number of halogens is 3. The highest BCUT2D eigenvalue weighted by atomic mass is 79.9. The van der Waals surface area contributed by atoms with Crippen molar-refractivity contribution in [3.8, 4) is 5.75 Å². The summed E-state index contributed by atoms with van der Waals surface area (Å²) >= 11 is 3.34. The minimum atomic E-state index is -2.82. The van der Waals surface area contributed by atoms with Gasteiger partial charge in [0.2, 0.25) is 0 Å². The van der Waals surface area contributed by atoms with E-state index in [1.807, 2.05) is 0 Å². The molecule has 1 N–H and O–H groups in total. The average molecular weight is 352 g/mol. The second kappa shape index (κ2) is 9.26. The van der Waals surface area contributed by atoms with Crippen molar-refractivity contribution in [2.75, 3.05) is 13.7 Å². The summed E-state index contributed by atoms with van der Waals surface area (Å²) < 4.78 is 35.2. The molecule has 1 rings (SSSR count). The molecule has 0 aliphatic heterocycles. The van der Waals surface area contributed by atoms with Gasteiger partial charge in [0.25, 0.3) is 0 Å². The fourth-order valence-corrected chi connectivity index (χ4v) is 2.35. The Bertz CT molecular complexity index is 399. The molecule has 0 heterocycles. The van der Waals surface area contributed by atoms with Crippen LogP contribution in [0.2, 0.25) is 0 Å². The molecule has 0 aliphatic rings. The van der Waals surface area contributed by atoms with E-state index in [9.17, 15) is 8.78 Å². The van der Waals surface area contributed by atoms with E-state index >= 15 is 0 Å². The van der Waals surface area contributed by atoms with Crippen LogP contribution in [-0.4, -0.2) is 26.4 Å². The van der Waals surface area contributed by atoms with Gasteiger partial charge in [-0.3, -0.25) is 0 Å². The summed E-state index contributed by atoms with van der Waals surface area (Å²) in [6.07, 6.45) is 1.99. The van der Waals surface area contributed by atoms with Crippen LogP contribution in [0.1, 0.15) is 25.3 Å². The summed E-state index contributed by atoms with van der Waals surface area (Å²) in [6.45, 7) is 0.317. The molecule has 1 aromatic carbocycles. The van der Waals surface area contributed by atoms with Crippen LogP contribution in [0.3, 0.4) is 0 Å². The number of rotatable bonds is 9. The lowest BCUT2D eigenvalue weighted by Crippen LogP contribution is -2.32. The van der Waals surface area contributed by atoms with Crippen molar-refractivity contribution >= 4 is 15.9 Å². The third kappa shape index (κ3) is 6.15. The Morgan fingerprint density at radius 2 is 2.10 bits per heavy atom. The Labute approximate surface area is 126 Å². The van der Waals surface area contributed by atoms with E-state index in [1.165, 1.54) is 0 Å². The summed E-state index contributed by atoms with van der Waals surface area (Å²) in [5.41, 5.74) is 0.692. The fraction of sp³-hybridized carbons (Fsp3) is 0.571. The monoisotopic (exact) mass is 351 g/mol. The first kappa shape index (κ1) is 17.3. The van der Waals surface area contributed by atoms with Crippen LogP contribution < -0.4 is 10.1 Å². The summed E-state index contributed by atoms with van der Waals surface area (Å²) in [6, 6.07) is 5.20. The number of nitrogens with one attached hydrogen (secondary N) is 1. The Balaban J connectivity index is 2.71. The SMILES string of the molecule is CCCC(COC)NCc1cc(Br)ccc1OC(F)F. The maximum atomic E-state index is 12.4. The van der Waals surface area contributed by atoms with E-state index in [0.717, 1.165) is 17.3 Å². The molecule has 0 amide bonds. The molecular weight excluding hydrogens is 332 g/mol. The first-order valence-corrected chi connectivity index (χ1v) is 7.31. The summed E-state index contributed by atoms with van der Waals surface area (Å²) in [7, 11) is 1.65. The highest BCUT2D eigenvalue weighted by Gasteiger charge is 2.12. The van der Waals surface area contributed by atoms with E-state index in [4.69, 9.17) is 4.74 Å². The van der Waals surface area contributed by atoms with Crippen molar-refractivity contribution in [1.82, 2.24) is 5.32 Å². The molecule has 20 heavy (non-hydrogen) atoms. The van der Waals surface area contributed by atoms with Crippen molar-refractivity contribution in [1.29, 1.82) is 0 Å². The molecule has 0 aliphatic carbocycles. The lowest BCUT2D eigenvalue weighted by molar-refractivity contribution is -0.0505. The van der Waals surface area contributed by atoms with Crippen LogP contribution in [0, 0.1) is 0 Å². The molecule has 0 fully saturated rings. The van der Waals surface area contributed by atoms with E-state index in [-0.39, 0.29) is 11.8 Å². The van der Waals surface area contributed by atoms with Crippen LogP contribution >= 0.6 is 15.9 Å². The average Bonchev–Trinajstić information content (AvgIpc) is 2.39. The predicted molar refractivity (Wildman–Crippen MR) is 78.2 cm³/mol. The van der Waals surface area contributed by atoms with E-state index in [1.54, 1.807) is 25.3 Å².